The van der Waals surface area contributed by atoms with Crippen LogP contribution in [-0.2, 0) is 0 Å². The molecule has 0 amide bonds. The van der Waals surface area contributed by atoms with Crippen LogP contribution in [-0.4, -0.2) is 21.6 Å². The van der Waals surface area contributed by atoms with Gasteiger partial charge >= 0.3 is 0 Å². The molecule has 0 fully saturated rings. The van der Waals surface area contributed by atoms with Crippen LogP contribution in [0.3, 0.4) is 0 Å². The zero-order valence-corrected chi connectivity index (χ0v) is 14.5. The molecule has 1 heterocycles. The molecule has 1 atom stereocenters. The summed E-state index contributed by atoms with van der Waals surface area (Å²) in [7, 11) is 0. The normalized spacial score (nSPS) is 12.3. The van der Waals surface area contributed by atoms with E-state index in [1.54, 1.807) is 18.3 Å². The Morgan fingerprint density at radius 3 is 2.75 bits per heavy atom. The van der Waals surface area contributed by atoms with E-state index >= 15 is 0 Å². The highest BCUT2D eigenvalue weighted by Crippen LogP contribution is 2.36. The van der Waals surface area contributed by atoms with Gasteiger partial charge in [-0.15, -0.1) is 0 Å². The monoisotopic (exact) mass is 341 g/mol. The first-order chi connectivity index (χ1) is 11.6. The average molecular weight is 342 g/mol. The number of rotatable bonds is 5. The smallest absolute Gasteiger partial charge is 0.223 e. The van der Waals surface area contributed by atoms with Crippen LogP contribution in [0.25, 0.3) is 22.0 Å². The van der Waals surface area contributed by atoms with Crippen LogP contribution in [0.4, 0.5) is 5.95 Å². The number of hydrogen-bond donors (Lipinski definition) is 2. The summed E-state index contributed by atoms with van der Waals surface area (Å²) in [5.74, 6) is 1.29. The van der Waals surface area contributed by atoms with Crippen LogP contribution in [0.1, 0.15) is 20.3 Å². The van der Waals surface area contributed by atoms with E-state index in [2.05, 4.69) is 29.1 Å². The second-order valence-corrected chi connectivity index (χ2v) is 6.40. The number of aromatic hydroxyl groups is 1. The second kappa shape index (κ2) is 7.05. The van der Waals surface area contributed by atoms with E-state index in [0.717, 1.165) is 23.9 Å². The molecule has 124 valence electrons. The van der Waals surface area contributed by atoms with E-state index in [0.29, 0.717) is 28.0 Å². The lowest BCUT2D eigenvalue weighted by Gasteiger charge is -2.11. The zero-order valence-electron chi connectivity index (χ0n) is 13.8. The molecule has 0 bridgehead atoms. The Hall–Kier alpha value is -2.33. The Kier molecular flexibility index (Phi) is 4.86. The molecule has 0 aliphatic heterocycles. The minimum atomic E-state index is 0.155. The van der Waals surface area contributed by atoms with E-state index < -0.39 is 0 Å². The molecule has 3 aromatic rings. The van der Waals surface area contributed by atoms with Crippen LogP contribution in [0.15, 0.2) is 42.6 Å². The van der Waals surface area contributed by atoms with Crippen molar-refractivity contribution in [2.24, 2.45) is 5.92 Å². The lowest BCUT2D eigenvalue weighted by Crippen LogP contribution is -2.12. The van der Waals surface area contributed by atoms with Gasteiger partial charge in [0.05, 0.1) is 5.52 Å². The summed E-state index contributed by atoms with van der Waals surface area (Å²) >= 11 is 6.24. The predicted molar refractivity (Wildman–Crippen MR) is 99.6 cm³/mol. The van der Waals surface area contributed by atoms with Gasteiger partial charge in [-0.25, -0.2) is 9.97 Å². The van der Waals surface area contributed by atoms with Gasteiger partial charge in [-0.1, -0.05) is 50.1 Å². The summed E-state index contributed by atoms with van der Waals surface area (Å²) in [6.07, 6.45) is 2.86. The fraction of sp³-hybridized carbons (Fsp3) is 0.263. The third-order valence-electron chi connectivity index (χ3n) is 4.17. The highest BCUT2D eigenvalue weighted by molar-refractivity contribution is 6.33. The maximum absolute atomic E-state index is 10.4. The third-order valence-corrected chi connectivity index (χ3v) is 4.50. The number of hydrogen-bond acceptors (Lipinski definition) is 4. The summed E-state index contributed by atoms with van der Waals surface area (Å²) in [4.78, 5) is 8.85. The van der Waals surface area contributed by atoms with E-state index in [9.17, 15) is 5.11 Å². The predicted octanol–water partition coefficient (Wildman–Crippen LogP) is 5.11. The molecule has 1 aromatic heterocycles. The molecule has 0 saturated carbocycles. The molecule has 0 radical (unpaired) electrons. The van der Waals surface area contributed by atoms with Crippen LogP contribution in [0, 0.1) is 5.92 Å². The molecule has 2 N–H and O–H groups in total. The van der Waals surface area contributed by atoms with Crippen LogP contribution in [0.2, 0.25) is 5.02 Å². The van der Waals surface area contributed by atoms with E-state index in [4.69, 9.17) is 11.6 Å². The Balaban J connectivity index is 1.96. The highest BCUT2D eigenvalue weighted by atomic mass is 35.5. The van der Waals surface area contributed by atoms with E-state index in [1.165, 1.54) is 0 Å². The molecule has 0 saturated heterocycles. The summed E-state index contributed by atoms with van der Waals surface area (Å²) in [5.41, 5.74) is 2.17. The van der Waals surface area contributed by atoms with Crippen molar-refractivity contribution >= 4 is 28.5 Å². The first-order valence-corrected chi connectivity index (χ1v) is 8.44. The minimum absolute atomic E-state index is 0.155. The Labute approximate surface area is 146 Å². The lowest BCUT2D eigenvalue weighted by molar-refractivity contribution is 0.478. The number of benzene rings is 2. The Morgan fingerprint density at radius 1 is 1.21 bits per heavy atom. The summed E-state index contributed by atoms with van der Waals surface area (Å²) in [6.45, 7) is 5.16. The first kappa shape index (κ1) is 16.5. The topological polar surface area (TPSA) is 58.0 Å². The molecule has 4 nitrogen and oxygen atoms in total. The van der Waals surface area contributed by atoms with Crippen molar-refractivity contribution in [1.82, 2.24) is 9.97 Å². The van der Waals surface area contributed by atoms with Crippen molar-refractivity contribution in [2.75, 3.05) is 11.9 Å². The van der Waals surface area contributed by atoms with Gasteiger partial charge in [0.15, 0.2) is 0 Å². The van der Waals surface area contributed by atoms with Crippen molar-refractivity contribution in [3.8, 4) is 16.9 Å². The van der Waals surface area contributed by atoms with Crippen molar-refractivity contribution in [1.29, 1.82) is 0 Å². The molecular weight excluding hydrogens is 322 g/mol. The molecule has 0 aliphatic rings. The van der Waals surface area contributed by atoms with Crippen molar-refractivity contribution < 1.29 is 5.11 Å². The van der Waals surface area contributed by atoms with E-state index in [-0.39, 0.29) is 5.75 Å². The van der Waals surface area contributed by atoms with Crippen molar-refractivity contribution in [3.63, 3.8) is 0 Å². The fourth-order valence-corrected chi connectivity index (χ4v) is 2.70. The number of phenolic OH excluding ortho intramolecular Hbond substituents is 1. The van der Waals surface area contributed by atoms with Gasteiger partial charge in [0.2, 0.25) is 5.95 Å². The number of phenols is 1. The molecule has 24 heavy (non-hydrogen) atoms. The molecule has 5 heteroatoms. The Bertz CT molecular complexity index is 866. The first-order valence-electron chi connectivity index (χ1n) is 8.07. The standard InChI is InChI=1S/C19H20ClN3O/c1-3-12(2)10-21-19-22-11-13-8-15(18(24)9-17(13)23-19)14-6-4-5-7-16(14)20/h4-9,11-12,24H,3,10H2,1-2H3,(H,21,22,23). The second-order valence-electron chi connectivity index (χ2n) is 6.00. The number of nitrogens with one attached hydrogen (secondary N) is 1. The molecule has 0 aliphatic carbocycles. The largest absolute Gasteiger partial charge is 0.507 e. The van der Waals surface area contributed by atoms with Gasteiger partial charge in [0.1, 0.15) is 5.75 Å². The van der Waals surface area contributed by atoms with E-state index in [1.807, 2.05) is 24.3 Å². The maximum atomic E-state index is 10.4. The Morgan fingerprint density at radius 2 is 2.00 bits per heavy atom. The summed E-state index contributed by atoms with van der Waals surface area (Å²) < 4.78 is 0. The number of halogens is 1. The molecular formula is C19H20ClN3O. The van der Waals surface area contributed by atoms with Gasteiger partial charge in [-0.05, 0) is 18.1 Å². The summed E-state index contributed by atoms with van der Waals surface area (Å²) in [6, 6.07) is 11.0. The SMILES string of the molecule is CCC(C)CNc1ncc2cc(-c3ccccc3Cl)c(O)cc2n1. The quantitative estimate of drug-likeness (QED) is 0.676. The van der Waals surface area contributed by atoms with Gasteiger partial charge in [-0.2, -0.15) is 0 Å². The summed E-state index contributed by atoms with van der Waals surface area (Å²) in [5, 5.41) is 15.1. The van der Waals surface area contributed by atoms with Crippen LogP contribution >= 0.6 is 11.6 Å². The van der Waals surface area contributed by atoms with Crippen LogP contribution < -0.4 is 5.32 Å². The molecule has 3 rings (SSSR count). The average Bonchev–Trinajstić information content (AvgIpc) is 2.59. The van der Waals surface area contributed by atoms with Gasteiger partial charge in [0, 0.05) is 40.3 Å². The molecule has 0 spiro atoms. The van der Waals surface area contributed by atoms with Crippen molar-refractivity contribution in [2.45, 2.75) is 20.3 Å². The number of nitrogens with zero attached hydrogens (tertiary/aromatic N) is 2. The molecule has 1 unspecified atom stereocenters. The fourth-order valence-electron chi connectivity index (χ4n) is 2.46. The van der Waals surface area contributed by atoms with Gasteiger partial charge in [0.25, 0.3) is 0 Å². The number of aromatic nitrogens is 2. The molecule has 2 aromatic carbocycles. The lowest BCUT2D eigenvalue weighted by atomic mass is 10.0. The number of anilines is 1. The van der Waals surface area contributed by atoms with Gasteiger partial charge < -0.3 is 10.4 Å². The van der Waals surface area contributed by atoms with Crippen LogP contribution in [0.5, 0.6) is 5.75 Å². The zero-order chi connectivity index (χ0) is 17.1. The minimum Gasteiger partial charge on any atom is -0.507 e. The number of fused-ring (bicyclic) bond motifs is 1. The van der Waals surface area contributed by atoms with Crippen molar-refractivity contribution in [3.05, 3.63) is 47.6 Å². The maximum Gasteiger partial charge on any atom is 0.223 e. The van der Waals surface area contributed by atoms with Gasteiger partial charge in [-0.3, -0.25) is 0 Å². The highest BCUT2D eigenvalue weighted by Gasteiger charge is 2.11. The third kappa shape index (κ3) is 3.44.